The van der Waals surface area contributed by atoms with E-state index >= 15 is 0 Å². The molecule has 4 aliphatic rings. The third-order valence-corrected chi connectivity index (χ3v) is 9.20. The Kier molecular flexibility index (Phi) is 4.86. The van der Waals surface area contributed by atoms with E-state index in [2.05, 4.69) is 13.8 Å². The summed E-state index contributed by atoms with van der Waals surface area (Å²) < 4.78 is 10.6. The fraction of sp³-hybridized carbons (Fsp3) is 0.870. The van der Waals surface area contributed by atoms with Gasteiger partial charge in [0.05, 0.1) is 13.0 Å². The highest BCUT2D eigenvalue weighted by Crippen LogP contribution is 2.66. The third-order valence-electron chi connectivity index (χ3n) is 9.20. The summed E-state index contributed by atoms with van der Waals surface area (Å²) in [6.07, 6.45) is 7.52. The predicted octanol–water partition coefficient (Wildman–Crippen LogP) is 3.93. The Balaban J connectivity index is 1.57. The monoisotopic (exact) mass is 390 g/mol. The molecule has 4 fully saturated rings. The minimum atomic E-state index is -0.277. The summed E-state index contributed by atoms with van der Waals surface area (Å²) in [6, 6.07) is 0. The summed E-state index contributed by atoms with van der Waals surface area (Å²) in [7, 11) is 1.43. The van der Waals surface area contributed by atoms with Crippen molar-refractivity contribution in [2.75, 3.05) is 7.11 Å². The number of carbonyl (C=O) groups excluding carboxylic acids is 3. The van der Waals surface area contributed by atoms with Gasteiger partial charge in [-0.05, 0) is 73.5 Å². The van der Waals surface area contributed by atoms with Crippen molar-refractivity contribution in [2.24, 2.45) is 40.4 Å². The van der Waals surface area contributed by atoms with E-state index < -0.39 is 0 Å². The van der Waals surface area contributed by atoms with Gasteiger partial charge in [0.1, 0.15) is 11.9 Å². The highest BCUT2D eigenvalue weighted by molar-refractivity contribution is 5.91. The number of esters is 2. The Bertz CT molecular complexity index is 686. The van der Waals surface area contributed by atoms with Crippen LogP contribution in [0.25, 0.3) is 0 Å². The first-order chi connectivity index (χ1) is 13.2. The van der Waals surface area contributed by atoms with Crippen LogP contribution >= 0.6 is 0 Å². The highest BCUT2D eigenvalue weighted by Gasteiger charge is 2.64. The summed E-state index contributed by atoms with van der Waals surface area (Å²) in [4.78, 5) is 36.8. The van der Waals surface area contributed by atoms with Gasteiger partial charge >= 0.3 is 11.9 Å². The lowest BCUT2D eigenvalue weighted by Gasteiger charge is -2.60. The molecule has 0 saturated heterocycles. The molecule has 0 amide bonds. The van der Waals surface area contributed by atoms with Crippen molar-refractivity contribution in [3.05, 3.63) is 0 Å². The minimum Gasteiger partial charge on any atom is -0.469 e. The number of ether oxygens (including phenoxy) is 2. The maximum absolute atomic E-state index is 13.1. The van der Waals surface area contributed by atoms with Crippen molar-refractivity contribution < 1.29 is 23.9 Å². The molecule has 28 heavy (non-hydrogen) atoms. The number of hydrogen-bond acceptors (Lipinski definition) is 5. The number of hydrogen-bond donors (Lipinski definition) is 0. The maximum Gasteiger partial charge on any atom is 0.309 e. The van der Waals surface area contributed by atoms with Crippen LogP contribution in [0.15, 0.2) is 0 Å². The Morgan fingerprint density at radius 3 is 2.43 bits per heavy atom. The van der Waals surface area contributed by atoms with Crippen molar-refractivity contribution in [3.63, 3.8) is 0 Å². The van der Waals surface area contributed by atoms with Crippen LogP contribution < -0.4 is 0 Å². The van der Waals surface area contributed by atoms with Crippen molar-refractivity contribution in [3.8, 4) is 0 Å². The van der Waals surface area contributed by atoms with Crippen molar-refractivity contribution in [2.45, 2.75) is 78.2 Å². The lowest BCUT2D eigenvalue weighted by atomic mass is 9.44. The van der Waals surface area contributed by atoms with Crippen molar-refractivity contribution in [1.82, 2.24) is 0 Å². The third kappa shape index (κ3) is 2.83. The van der Waals surface area contributed by atoms with Crippen LogP contribution in [0.1, 0.15) is 72.1 Å². The first kappa shape index (κ1) is 19.9. The number of rotatable bonds is 2. The van der Waals surface area contributed by atoms with Crippen LogP contribution in [0.4, 0.5) is 0 Å². The van der Waals surface area contributed by atoms with E-state index in [-0.39, 0.29) is 46.5 Å². The average molecular weight is 391 g/mol. The molecule has 0 unspecified atom stereocenters. The van der Waals surface area contributed by atoms with E-state index in [1.54, 1.807) is 0 Å². The maximum atomic E-state index is 13.1. The molecule has 0 aromatic carbocycles. The van der Waals surface area contributed by atoms with E-state index in [0.29, 0.717) is 24.2 Å². The topological polar surface area (TPSA) is 69.7 Å². The molecule has 4 rings (SSSR count). The molecular weight excluding hydrogens is 356 g/mol. The lowest BCUT2D eigenvalue weighted by Crippen LogP contribution is -2.55. The van der Waals surface area contributed by atoms with Gasteiger partial charge in [0.15, 0.2) is 0 Å². The molecule has 0 N–H and O–H groups in total. The first-order valence-corrected chi connectivity index (χ1v) is 11.0. The smallest absolute Gasteiger partial charge is 0.309 e. The van der Waals surface area contributed by atoms with Gasteiger partial charge in [-0.2, -0.15) is 0 Å². The number of ketones is 1. The molecule has 0 radical (unpaired) electrons. The van der Waals surface area contributed by atoms with Gasteiger partial charge in [-0.3, -0.25) is 14.4 Å². The Morgan fingerprint density at radius 2 is 1.75 bits per heavy atom. The second-order valence-electron chi connectivity index (χ2n) is 10.3. The van der Waals surface area contributed by atoms with E-state index in [1.165, 1.54) is 14.0 Å². The zero-order chi connectivity index (χ0) is 20.3. The minimum absolute atomic E-state index is 0.000631. The van der Waals surface area contributed by atoms with Crippen molar-refractivity contribution >= 4 is 17.7 Å². The molecule has 156 valence electrons. The molecule has 5 heteroatoms. The average Bonchev–Trinajstić information content (AvgIpc) is 2.92. The fourth-order valence-corrected chi connectivity index (χ4v) is 7.85. The molecule has 0 heterocycles. The molecule has 0 bridgehead atoms. The second-order valence-corrected chi connectivity index (χ2v) is 10.3. The van der Waals surface area contributed by atoms with Gasteiger partial charge in [-0.1, -0.05) is 13.8 Å². The van der Waals surface area contributed by atoms with Gasteiger partial charge < -0.3 is 9.47 Å². The SMILES string of the molecule is COC(=O)[C@H]1CC(=O)[C@H]2[C@@H]3CC[C@H]4C[C@H](OC(C)=O)CC[C@]4(C)[C@H]3CC[C@]12C. The molecular formula is C23H34O5. The van der Waals surface area contributed by atoms with Crippen LogP contribution in [0.3, 0.4) is 0 Å². The second kappa shape index (κ2) is 6.84. The molecule has 0 aliphatic heterocycles. The van der Waals surface area contributed by atoms with E-state index in [1.807, 2.05) is 0 Å². The summed E-state index contributed by atoms with van der Waals surface area (Å²) in [5.41, 5.74) is -0.0337. The lowest BCUT2D eigenvalue weighted by molar-refractivity contribution is -0.166. The molecule has 8 atom stereocenters. The Labute approximate surface area is 167 Å². The van der Waals surface area contributed by atoms with Crippen LogP contribution in [0.2, 0.25) is 0 Å². The molecule has 0 aromatic heterocycles. The molecule has 4 saturated carbocycles. The Hall–Kier alpha value is -1.39. The molecule has 5 nitrogen and oxygen atoms in total. The first-order valence-electron chi connectivity index (χ1n) is 11.0. The summed E-state index contributed by atoms with van der Waals surface area (Å²) in [5, 5.41) is 0. The number of Topliss-reactive ketones (excluding diaryl/α,β-unsaturated/α-hetero) is 1. The van der Waals surface area contributed by atoms with E-state index in [9.17, 15) is 14.4 Å². The van der Waals surface area contributed by atoms with Gasteiger partial charge in [0, 0.05) is 19.3 Å². The molecule has 0 spiro atoms. The van der Waals surface area contributed by atoms with Gasteiger partial charge in [-0.25, -0.2) is 0 Å². The fourth-order valence-electron chi connectivity index (χ4n) is 7.85. The summed E-state index contributed by atoms with van der Waals surface area (Å²) in [6.45, 7) is 6.07. The predicted molar refractivity (Wildman–Crippen MR) is 103 cm³/mol. The Morgan fingerprint density at radius 1 is 1.04 bits per heavy atom. The van der Waals surface area contributed by atoms with Gasteiger partial charge in [0.25, 0.3) is 0 Å². The van der Waals surface area contributed by atoms with Gasteiger partial charge in [-0.15, -0.1) is 0 Å². The van der Waals surface area contributed by atoms with E-state index in [0.717, 1.165) is 44.9 Å². The van der Waals surface area contributed by atoms with E-state index in [4.69, 9.17) is 9.47 Å². The quantitative estimate of drug-likeness (QED) is 0.668. The van der Waals surface area contributed by atoms with Crippen LogP contribution in [-0.2, 0) is 23.9 Å². The molecule has 0 aromatic rings. The van der Waals surface area contributed by atoms with Crippen molar-refractivity contribution in [1.29, 1.82) is 0 Å². The standard InChI is InChI=1S/C23H34O5/c1-13(24)28-15-7-9-22(2)14(11-15)5-6-16-17(22)8-10-23(3)18(21(26)27-4)12-19(25)20(16)23/h14-18,20H,5-12H2,1-4H3/t14-,15+,16+,17-,18+,20+,22-,23+/m0/s1. The highest BCUT2D eigenvalue weighted by atomic mass is 16.5. The number of carbonyl (C=O) groups is 3. The largest absolute Gasteiger partial charge is 0.469 e. The molecule has 4 aliphatic carbocycles. The summed E-state index contributed by atoms with van der Waals surface area (Å²) in [5.74, 6) is 1.09. The van der Waals surface area contributed by atoms with Crippen LogP contribution in [0, 0.1) is 40.4 Å². The summed E-state index contributed by atoms with van der Waals surface area (Å²) >= 11 is 0. The van der Waals surface area contributed by atoms with Crippen LogP contribution in [-0.4, -0.2) is 30.9 Å². The zero-order valence-electron chi connectivity index (χ0n) is 17.7. The normalized spacial score (nSPS) is 47.5. The van der Waals surface area contributed by atoms with Gasteiger partial charge in [0.2, 0.25) is 0 Å². The zero-order valence-corrected chi connectivity index (χ0v) is 17.7. The number of fused-ring (bicyclic) bond motifs is 5. The number of methoxy groups -OCH3 is 1. The van der Waals surface area contributed by atoms with Crippen LogP contribution in [0.5, 0.6) is 0 Å².